The van der Waals surface area contributed by atoms with Gasteiger partial charge in [0, 0.05) is 11.5 Å². The summed E-state index contributed by atoms with van der Waals surface area (Å²) in [7, 11) is 0. The van der Waals surface area contributed by atoms with E-state index in [1.165, 1.54) is 12.8 Å². The lowest BCUT2D eigenvalue weighted by atomic mass is 9.34. The molecule has 38 heavy (non-hydrogen) atoms. The molecule has 0 unspecified atom stereocenters. The molecule has 2 N–H and O–H groups in total. The van der Waals surface area contributed by atoms with Gasteiger partial charge < -0.3 is 14.8 Å². The molecule has 1 aromatic rings. The Labute approximate surface area is 230 Å². The molecule has 8 atom stereocenters. The SMILES string of the molecule is CC1(C)CC[C@]2(NC(=O)c3ccco3)CC[C@]3(C)C(=CC[C@@H]4[C@@]5(C)CC[C@H](O)C(C)(C)[C@@H]5CC[C@]43C)[C@@H]2C1. The largest absolute Gasteiger partial charge is 0.459 e. The predicted octanol–water partition coefficient (Wildman–Crippen LogP) is 7.92. The zero-order valence-electron chi connectivity index (χ0n) is 25.0. The van der Waals surface area contributed by atoms with Crippen LogP contribution in [0.1, 0.15) is 123 Å². The van der Waals surface area contributed by atoms with Gasteiger partial charge in [-0.25, -0.2) is 0 Å². The molecule has 210 valence electrons. The van der Waals surface area contributed by atoms with Crippen LogP contribution < -0.4 is 5.32 Å². The van der Waals surface area contributed by atoms with Gasteiger partial charge >= 0.3 is 0 Å². The third-order valence-corrected chi connectivity index (χ3v) is 13.7. The first kappa shape index (κ1) is 26.7. The molecule has 4 heteroatoms. The Morgan fingerprint density at radius 3 is 2.39 bits per heavy atom. The van der Waals surface area contributed by atoms with Crippen molar-refractivity contribution in [2.45, 2.75) is 124 Å². The van der Waals surface area contributed by atoms with Crippen molar-refractivity contribution in [3.63, 3.8) is 0 Å². The van der Waals surface area contributed by atoms with E-state index in [2.05, 4.69) is 59.9 Å². The van der Waals surface area contributed by atoms with Crippen LogP contribution in [0.2, 0.25) is 0 Å². The number of aliphatic hydroxyl groups excluding tert-OH is 1. The van der Waals surface area contributed by atoms with Gasteiger partial charge in [-0.15, -0.1) is 0 Å². The van der Waals surface area contributed by atoms with Crippen LogP contribution in [-0.4, -0.2) is 22.7 Å². The number of amides is 1. The van der Waals surface area contributed by atoms with Gasteiger partial charge in [-0.3, -0.25) is 4.79 Å². The molecule has 1 aromatic heterocycles. The summed E-state index contributed by atoms with van der Waals surface area (Å²) in [4.78, 5) is 13.4. The molecule has 5 aliphatic rings. The molecule has 4 nitrogen and oxygen atoms in total. The van der Waals surface area contributed by atoms with Gasteiger partial charge in [-0.1, -0.05) is 60.1 Å². The second kappa shape index (κ2) is 8.24. The van der Waals surface area contributed by atoms with Crippen molar-refractivity contribution in [1.29, 1.82) is 0 Å². The minimum absolute atomic E-state index is 0.0233. The summed E-state index contributed by atoms with van der Waals surface area (Å²) >= 11 is 0. The average molecular weight is 522 g/mol. The topological polar surface area (TPSA) is 62.5 Å². The summed E-state index contributed by atoms with van der Waals surface area (Å²) in [6.07, 6.45) is 15.2. The number of fused-ring (bicyclic) bond motifs is 7. The van der Waals surface area contributed by atoms with Gasteiger partial charge in [-0.05, 0) is 115 Å². The fourth-order valence-corrected chi connectivity index (χ4v) is 11.2. The van der Waals surface area contributed by atoms with Crippen molar-refractivity contribution in [3.8, 4) is 0 Å². The van der Waals surface area contributed by atoms with E-state index in [9.17, 15) is 9.90 Å². The summed E-state index contributed by atoms with van der Waals surface area (Å²) < 4.78 is 5.51. The van der Waals surface area contributed by atoms with Crippen molar-refractivity contribution >= 4 is 5.91 Å². The number of hydrogen-bond donors (Lipinski definition) is 2. The second-order valence-electron chi connectivity index (χ2n) is 16.2. The van der Waals surface area contributed by atoms with Gasteiger partial charge in [0.05, 0.1) is 12.4 Å². The molecule has 0 radical (unpaired) electrons. The van der Waals surface area contributed by atoms with E-state index >= 15 is 0 Å². The highest BCUT2D eigenvalue weighted by molar-refractivity contribution is 5.92. The second-order valence-corrected chi connectivity index (χ2v) is 16.2. The van der Waals surface area contributed by atoms with E-state index in [4.69, 9.17) is 4.42 Å². The summed E-state index contributed by atoms with van der Waals surface area (Å²) in [5.41, 5.74) is 2.34. The lowest BCUT2D eigenvalue weighted by Crippen LogP contribution is -2.67. The molecule has 0 spiro atoms. The number of aliphatic hydroxyl groups is 1. The van der Waals surface area contributed by atoms with E-state index < -0.39 is 0 Å². The zero-order valence-corrected chi connectivity index (χ0v) is 25.0. The van der Waals surface area contributed by atoms with E-state index in [1.54, 1.807) is 24.0 Å². The molecule has 1 amide bonds. The lowest BCUT2D eigenvalue weighted by Gasteiger charge is -2.71. The number of furan rings is 1. The smallest absolute Gasteiger partial charge is 0.287 e. The highest BCUT2D eigenvalue weighted by Gasteiger charge is 2.68. The van der Waals surface area contributed by atoms with Crippen LogP contribution in [0.5, 0.6) is 0 Å². The van der Waals surface area contributed by atoms with E-state index in [0.717, 1.165) is 51.4 Å². The maximum absolute atomic E-state index is 13.4. The molecular weight excluding hydrogens is 470 g/mol. The number of allylic oxidation sites excluding steroid dienone is 1. The molecule has 0 saturated heterocycles. The van der Waals surface area contributed by atoms with Gasteiger partial charge in [0.15, 0.2) is 5.76 Å². The van der Waals surface area contributed by atoms with Crippen LogP contribution in [0.25, 0.3) is 0 Å². The van der Waals surface area contributed by atoms with Crippen LogP contribution in [-0.2, 0) is 0 Å². The summed E-state index contributed by atoms with van der Waals surface area (Å²) in [6.45, 7) is 17.3. The average Bonchev–Trinajstić information content (AvgIpc) is 3.38. The first-order chi connectivity index (χ1) is 17.7. The fraction of sp³-hybridized carbons (Fsp3) is 0.794. The van der Waals surface area contributed by atoms with Crippen molar-refractivity contribution in [2.75, 3.05) is 0 Å². The van der Waals surface area contributed by atoms with Crippen molar-refractivity contribution in [2.24, 2.45) is 44.8 Å². The van der Waals surface area contributed by atoms with Gasteiger partial charge in [-0.2, -0.15) is 0 Å². The Bertz CT molecular complexity index is 1130. The molecule has 1 heterocycles. The summed E-state index contributed by atoms with van der Waals surface area (Å²) in [6, 6.07) is 3.59. The van der Waals surface area contributed by atoms with E-state index in [-0.39, 0.29) is 44.6 Å². The van der Waals surface area contributed by atoms with Crippen LogP contribution in [0.3, 0.4) is 0 Å². The highest BCUT2D eigenvalue weighted by Crippen LogP contribution is 2.74. The Hall–Kier alpha value is -1.55. The minimum Gasteiger partial charge on any atom is -0.459 e. The summed E-state index contributed by atoms with van der Waals surface area (Å²) in [5.74, 6) is 1.95. The van der Waals surface area contributed by atoms with Gasteiger partial charge in [0.1, 0.15) is 0 Å². The number of carbonyl (C=O) groups excluding carboxylic acids is 1. The Kier molecular flexibility index (Phi) is 5.78. The maximum Gasteiger partial charge on any atom is 0.287 e. The van der Waals surface area contributed by atoms with Crippen LogP contribution >= 0.6 is 0 Å². The lowest BCUT2D eigenvalue weighted by molar-refractivity contribution is -0.201. The monoisotopic (exact) mass is 521 g/mol. The molecule has 4 fully saturated rings. The van der Waals surface area contributed by atoms with Gasteiger partial charge in [0.25, 0.3) is 5.91 Å². The Morgan fingerprint density at radius 2 is 1.68 bits per heavy atom. The van der Waals surface area contributed by atoms with Gasteiger partial charge in [0.2, 0.25) is 0 Å². The Balaban J connectivity index is 1.40. The first-order valence-corrected chi connectivity index (χ1v) is 15.4. The Morgan fingerprint density at radius 1 is 0.947 bits per heavy atom. The van der Waals surface area contributed by atoms with Crippen LogP contribution in [0.4, 0.5) is 0 Å². The molecular formula is C34H51NO3. The molecule has 4 saturated carbocycles. The van der Waals surface area contributed by atoms with E-state index in [1.807, 2.05) is 0 Å². The predicted molar refractivity (Wildman–Crippen MR) is 152 cm³/mol. The molecule has 0 aromatic carbocycles. The van der Waals surface area contributed by atoms with Crippen molar-refractivity contribution in [3.05, 3.63) is 35.8 Å². The number of carbonyl (C=O) groups is 1. The third kappa shape index (κ3) is 3.47. The summed E-state index contributed by atoms with van der Waals surface area (Å²) in [5, 5.41) is 14.6. The van der Waals surface area contributed by atoms with Crippen molar-refractivity contribution < 1.29 is 14.3 Å². The molecule has 0 bridgehead atoms. The minimum atomic E-state index is -0.189. The highest BCUT2D eigenvalue weighted by atomic mass is 16.3. The number of hydrogen-bond acceptors (Lipinski definition) is 3. The van der Waals surface area contributed by atoms with E-state index in [0.29, 0.717) is 23.5 Å². The fourth-order valence-electron chi connectivity index (χ4n) is 11.2. The molecule has 5 aliphatic carbocycles. The quantitative estimate of drug-likeness (QED) is 0.389. The number of rotatable bonds is 2. The third-order valence-electron chi connectivity index (χ3n) is 13.7. The van der Waals surface area contributed by atoms with Crippen molar-refractivity contribution in [1.82, 2.24) is 5.32 Å². The van der Waals surface area contributed by atoms with Crippen LogP contribution in [0, 0.1) is 44.8 Å². The first-order valence-electron chi connectivity index (χ1n) is 15.4. The maximum atomic E-state index is 13.4. The normalized spacial score (nSPS) is 47.0. The van der Waals surface area contributed by atoms with Crippen LogP contribution in [0.15, 0.2) is 34.5 Å². The molecule has 0 aliphatic heterocycles. The molecule has 6 rings (SSSR count). The number of nitrogens with one attached hydrogen (secondary N) is 1. The standard InChI is InChI=1S/C34H51NO3/c1-29(2)16-18-34(35-28(37)24-9-8-20-38-24)19-17-32(6)22(23(34)21-29)10-11-26-31(5)14-13-27(36)30(3,4)25(31)12-15-33(26,32)7/h8-10,20,23,25-27,36H,11-19,21H2,1-7H3,(H,35,37)/t23-,25-,26+,27-,31-,32+,33+,34-/m0/s1. The zero-order chi connectivity index (χ0) is 27.4.